The van der Waals surface area contributed by atoms with Crippen molar-refractivity contribution in [1.29, 1.82) is 10.7 Å². The maximum absolute atomic E-state index is 12.1. The Hall–Kier alpha value is -2.81. The van der Waals surface area contributed by atoms with Crippen LogP contribution in [0.2, 0.25) is 0 Å². The first-order chi connectivity index (χ1) is 10.5. The zero-order chi connectivity index (χ0) is 16.3. The third kappa shape index (κ3) is 2.66. The quantitative estimate of drug-likeness (QED) is 0.865. The SMILES string of the molecule is COC(=O)C1=C(C)OC(=N)C(C#N)C1c1ccc(OC)cc1. The van der Waals surface area contributed by atoms with Crippen LogP contribution in [-0.2, 0) is 14.3 Å². The Morgan fingerprint density at radius 1 is 1.32 bits per heavy atom. The van der Waals surface area contributed by atoms with Gasteiger partial charge in [0.2, 0.25) is 5.90 Å². The number of nitrogens with zero attached hydrogens (tertiary/aromatic N) is 1. The molecule has 2 rings (SSSR count). The number of ether oxygens (including phenoxy) is 3. The highest BCUT2D eigenvalue weighted by Gasteiger charge is 2.41. The lowest BCUT2D eigenvalue weighted by Gasteiger charge is -2.30. The van der Waals surface area contributed by atoms with Gasteiger partial charge in [0, 0.05) is 5.92 Å². The molecule has 0 bridgehead atoms. The number of allylic oxidation sites excluding steroid dienone is 1. The number of esters is 1. The molecule has 1 aromatic carbocycles. The summed E-state index contributed by atoms with van der Waals surface area (Å²) in [6, 6.07) is 9.06. The molecule has 1 aromatic rings. The molecule has 2 atom stereocenters. The summed E-state index contributed by atoms with van der Waals surface area (Å²) in [5.41, 5.74) is 0.982. The van der Waals surface area contributed by atoms with Crippen LogP contribution in [0.1, 0.15) is 18.4 Å². The number of methoxy groups -OCH3 is 2. The smallest absolute Gasteiger partial charge is 0.337 e. The van der Waals surface area contributed by atoms with Gasteiger partial charge in [-0.25, -0.2) is 4.79 Å². The Labute approximate surface area is 128 Å². The maximum atomic E-state index is 12.1. The Kier molecular flexibility index (Phi) is 4.47. The van der Waals surface area contributed by atoms with E-state index in [1.54, 1.807) is 38.3 Å². The lowest BCUT2D eigenvalue weighted by molar-refractivity contribution is -0.136. The van der Waals surface area contributed by atoms with Crippen LogP contribution in [0.3, 0.4) is 0 Å². The van der Waals surface area contributed by atoms with E-state index in [9.17, 15) is 10.1 Å². The van der Waals surface area contributed by atoms with Crippen molar-refractivity contribution in [2.75, 3.05) is 14.2 Å². The van der Waals surface area contributed by atoms with Gasteiger partial charge in [0.25, 0.3) is 0 Å². The molecular formula is C16H16N2O4. The molecule has 6 heteroatoms. The Bertz CT molecular complexity index is 670. The zero-order valence-corrected chi connectivity index (χ0v) is 12.5. The van der Waals surface area contributed by atoms with Crippen molar-refractivity contribution in [2.45, 2.75) is 12.8 Å². The van der Waals surface area contributed by atoms with E-state index in [4.69, 9.17) is 19.6 Å². The summed E-state index contributed by atoms with van der Waals surface area (Å²) in [4.78, 5) is 12.1. The molecular weight excluding hydrogens is 284 g/mol. The Balaban J connectivity index is 2.57. The van der Waals surface area contributed by atoms with E-state index >= 15 is 0 Å². The molecule has 0 radical (unpaired) electrons. The van der Waals surface area contributed by atoms with Gasteiger partial charge in [-0.05, 0) is 24.6 Å². The molecule has 0 saturated carbocycles. The van der Waals surface area contributed by atoms with Crippen LogP contribution in [0, 0.1) is 22.7 Å². The van der Waals surface area contributed by atoms with Gasteiger partial charge < -0.3 is 14.2 Å². The summed E-state index contributed by atoms with van der Waals surface area (Å²) in [6.45, 7) is 1.59. The molecule has 22 heavy (non-hydrogen) atoms. The summed E-state index contributed by atoms with van der Waals surface area (Å²) < 4.78 is 15.2. The number of benzene rings is 1. The van der Waals surface area contributed by atoms with E-state index in [1.807, 2.05) is 6.07 Å². The second-order valence-corrected chi connectivity index (χ2v) is 4.79. The molecule has 2 unspecified atom stereocenters. The minimum atomic E-state index is -0.883. The van der Waals surface area contributed by atoms with Crippen molar-refractivity contribution >= 4 is 11.9 Å². The standard InChI is InChI=1S/C16H16N2O4/c1-9-13(16(19)21-3)14(12(8-17)15(18)22-9)10-4-6-11(20-2)7-5-10/h4-7,12,14,18H,1-3H3. The summed E-state index contributed by atoms with van der Waals surface area (Å²) >= 11 is 0. The van der Waals surface area contributed by atoms with Gasteiger partial charge in [0.15, 0.2) is 0 Å². The van der Waals surface area contributed by atoms with Crippen molar-refractivity contribution in [1.82, 2.24) is 0 Å². The lowest BCUT2D eigenvalue weighted by Crippen LogP contribution is -2.32. The third-order valence-electron chi connectivity index (χ3n) is 3.59. The van der Waals surface area contributed by atoms with Gasteiger partial charge in [0.05, 0.1) is 25.9 Å². The molecule has 1 N–H and O–H groups in total. The predicted molar refractivity (Wildman–Crippen MR) is 78.4 cm³/mol. The first-order valence-electron chi connectivity index (χ1n) is 6.62. The second-order valence-electron chi connectivity index (χ2n) is 4.79. The van der Waals surface area contributed by atoms with E-state index < -0.39 is 17.8 Å². The minimum absolute atomic E-state index is 0.173. The van der Waals surface area contributed by atoms with E-state index in [1.165, 1.54) is 7.11 Å². The molecule has 0 saturated heterocycles. The average molecular weight is 300 g/mol. The van der Waals surface area contributed by atoms with Crippen molar-refractivity contribution in [2.24, 2.45) is 5.92 Å². The van der Waals surface area contributed by atoms with E-state index in [0.717, 1.165) is 5.56 Å². The fraction of sp³-hybridized carbons (Fsp3) is 0.312. The first-order valence-corrected chi connectivity index (χ1v) is 6.62. The van der Waals surface area contributed by atoms with Crippen molar-refractivity contribution in [3.63, 3.8) is 0 Å². The van der Waals surface area contributed by atoms with Gasteiger partial charge >= 0.3 is 5.97 Å². The summed E-state index contributed by atoms with van der Waals surface area (Å²) in [7, 11) is 2.83. The normalized spacial score (nSPS) is 20.9. The molecule has 1 heterocycles. The summed E-state index contributed by atoms with van der Waals surface area (Å²) in [6.07, 6.45) is 0. The predicted octanol–water partition coefficient (Wildman–Crippen LogP) is 2.37. The minimum Gasteiger partial charge on any atom is -0.497 e. The van der Waals surface area contributed by atoms with Crippen LogP contribution in [-0.4, -0.2) is 26.1 Å². The molecule has 0 amide bonds. The first kappa shape index (κ1) is 15.6. The molecule has 1 aliphatic heterocycles. The fourth-order valence-corrected chi connectivity index (χ4v) is 2.50. The number of hydrogen-bond acceptors (Lipinski definition) is 6. The van der Waals surface area contributed by atoms with Crippen LogP contribution in [0.15, 0.2) is 35.6 Å². The van der Waals surface area contributed by atoms with Gasteiger partial charge in [-0.15, -0.1) is 0 Å². The monoisotopic (exact) mass is 300 g/mol. The summed E-state index contributed by atoms with van der Waals surface area (Å²) in [5, 5.41) is 17.2. The highest BCUT2D eigenvalue weighted by molar-refractivity contribution is 5.95. The van der Waals surface area contributed by atoms with Crippen LogP contribution >= 0.6 is 0 Å². The van der Waals surface area contributed by atoms with E-state index in [0.29, 0.717) is 5.75 Å². The molecule has 0 aliphatic carbocycles. The number of nitriles is 1. The Morgan fingerprint density at radius 2 is 1.95 bits per heavy atom. The van der Waals surface area contributed by atoms with Crippen molar-refractivity contribution < 1.29 is 19.0 Å². The van der Waals surface area contributed by atoms with Crippen LogP contribution in [0.25, 0.3) is 0 Å². The molecule has 1 aliphatic rings. The van der Waals surface area contributed by atoms with Gasteiger partial charge in [0.1, 0.15) is 17.4 Å². The van der Waals surface area contributed by atoms with Crippen LogP contribution < -0.4 is 4.74 Å². The van der Waals surface area contributed by atoms with E-state index in [-0.39, 0.29) is 17.2 Å². The largest absolute Gasteiger partial charge is 0.497 e. The number of hydrogen-bond donors (Lipinski definition) is 1. The van der Waals surface area contributed by atoms with Crippen LogP contribution in [0.5, 0.6) is 5.75 Å². The van der Waals surface area contributed by atoms with Gasteiger partial charge in [-0.3, -0.25) is 5.41 Å². The number of carbonyl (C=O) groups excluding carboxylic acids is 1. The molecule has 0 aromatic heterocycles. The lowest BCUT2D eigenvalue weighted by atomic mass is 9.78. The zero-order valence-electron chi connectivity index (χ0n) is 12.5. The average Bonchev–Trinajstić information content (AvgIpc) is 2.53. The highest BCUT2D eigenvalue weighted by atomic mass is 16.5. The number of rotatable bonds is 3. The molecule has 0 spiro atoms. The maximum Gasteiger partial charge on any atom is 0.337 e. The molecule has 6 nitrogen and oxygen atoms in total. The Morgan fingerprint density at radius 3 is 2.45 bits per heavy atom. The van der Waals surface area contributed by atoms with Gasteiger partial charge in [-0.2, -0.15) is 5.26 Å². The van der Waals surface area contributed by atoms with Gasteiger partial charge in [-0.1, -0.05) is 12.1 Å². The topological polar surface area (TPSA) is 92.4 Å². The molecule has 114 valence electrons. The number of carbonyl (C=O) groups is 1. The highest BCUT2D eigenvalue weighted by Crippen LogP contribution is 2.39. The number of nitrogens with one attached hydrogen (secondary N) is 1. The third-order valence-corrected chi connectivity index (χ3v) is 3.59. The summed E-state index contributed by atoms with van der Waals surface area (Å²) in [5.74, 6) is -1.28. The fourth-order valence-electron chi connectivity index (χ4n) is 2.50. The molecule has 0 fully saturated rings. The second kappa shape index (κ2) is 6.31. The van der Waals surface area contributed by atoms with Crippen molar-refractivity contribution in [3.05, 3.63) is 41.2 Å². The van der Waals surface area contributed by atoms with Crippen molar-refractivity contribution in [3.8, 4) is 11.8 Å². The van der Waals surface area contributed by atoms with E-state index in [2.05, 4.69) is 0 Å². The van der Waals surface area contributed by atoms with Crippen LogP contribution in [0.4, 0.5) is 0 Å².